The molecule has 0 aliphatic rings. The van der Waals surface area contributed by atoms with Crippen LogP contribution in [0.5, 0.6) is 5.75 Å². The van der Waals surface area contributed by atoms with E-state index in [0.29, 0.717) is 16.5 Å². The molecule has 0 fully saturated rings. The molecule has 0 saturated heterocycles. The van der Waals surface area contributed by atoms with Gasteiger partial charge in [0.05, 0.1) is 17.7 Å². The van der Waals surface area contributed by atoms with Crippen LogP contribution in [0.15, 0.2) is 30.5 Å². The van der Waals surface area contributed by atoms with Crippen molar-refractivity contribution in [1.82, 2.24) is 4.98 Å². The third-order valence-corrected chi connectivity index (χ3v) is 3.08. The highest BCUT2D eigenvalue weighted by molar-refractivity contribution is 6.32. The number of nitrogens with zero attached hydrogens (tertiary/aromatic N) is 1. The van der Waals surface area contributed by atoms with E-state index >= 15 is 0 Å². The van der Waals surface area contributed by atoms with Crippen molar-refractivity contribution in [3.63, 3.8) is 0 Å². The van der Waals surface area contributed by atoms with Gasteiger partial charge in [0.1, 0.15) is 5.75 Å². The first-order valence-electron chi connectivity index (χ1n) is 6.04. The van der Waals surface area contributed by atoms with Crippen LogP contribution in [-0.2, 0) is 0 Å². The molecule has 2 rings (SSSR count). The summed E-state index contributed by atoms with van der Waals surface area (Å²) in [7, 11) is 3.02. The molecule has 0 atom stereocenters. The number of methoxy groups -OCH3 is 1. The van der Waals surface area contributed by atoms with E-state index in [1.165, 1.54) is 32.5 Å². The van der Waals surface area contributed by atoms with Crippen molar-refractivity contribution in [2.75, 3.05) is 24.8 Å². The number of nitrogens with one attached hydrogen (secondary N) is 2. The Morgan fingerprint density at radius 1 is 1.38 bits per heavy atom. The van der Waals surface area contributed by atoms with Crippen LogP contribution in [-0.4, -0.2) is 25.0 Å². The first-order valence-corrected chi connectivity index (χ1v) is 6.41. The molecular weight excluding hydrogens is 297 g/mol. The van der Waals surface area contributed by atoms with E-state index in [1.807, 2.05) is 0 Å². The summed E-state index contributed by atoms with van der Waals surface area (Å²) in [4.78, 5) is 15.9. The highest BCUT2D eigenvalue weighted by Gasteiger charge is 2.16. The normalized spacial score (nSPS) is 10.1. The van der Waals surface area contributed by atoms with Crippen molar-refractivity contribution >= 4 is 29.0 Å². The number of benzene rings is 1. The van der Waals surface area contributed by atoms with Crippen LogP contribution in [0.25, 0.3) is 0 Å². The van der Waals surface area contributed by atoms with E-state index in [4.69, 9.17) is 16.3 Å². The number of carbonyl (C=O) groups excluding carboxylic acids is 1. The van der Waals surface area contributed by atoms with Gasteiger partial charge in [0, 0.05) is 18.9 Å². The molecule has 0 spiro atoms. The third kappa shape index (κ3) is 3.22. The molecule has 2 aromatic rings. The summed E-state index contributed by atoms with van der Waals surface area (Å²) in [5.74, 6) is -0.803. The lowest BCUT2D eigenvalue weighted by Crippen LogP contribution is -2.15. The largest absolute Gasteiger partial charge is 0.495 e. The van der Waals surface area contributed by atoms with Gasteiger partial charge in [0.2, 0.25) is 0 Å². The molecule has 2 N–H and O–H groups in total. The van der Waals surface area contributed by atoms with Crippen molar-refractivity contribution in [2.24, 2.45) is 0 Å². The van der Waals surface area contributed by atoms with E-state index in [-0.39, 0.29) is 11.4 Å². The van der Waals surface area contributed by atoms with Gasteiger partial charge in [-0.25, -0.2) is 9.37 Å². The Labute approximate surface area is 126 Å². The van der Waals surface area contributed by atoms with Crippen molar-refractivity contribution in [1.29, 1.82) is 0 Å². The molecule has 1 aromatic carbocycles. The van der Waals surface area contributed by atoms with Crippen LogP contribution in [0.3, 0.4) is 0 Å². The fourth-order valence-corrected chi connectivity index (χ4v) is 1.99. The highest BCUT2D eigenvalue weighted by atomic mass is 35.5. The monoisotopic (exact) mass is 309 g/mol. The Balaban J connectivity index is 2.24. The first-order chi connectivity index (χ1) is 10.1. The Hall–Kier alpha value is -2.34. The number of aromatic nitrogens is 1. The zero-order valence-corrected chi connectivity index (χ0v) is 12.2. The Morgan fingerprint density at radius 2 is 2.14 bits per heavy atom. The smallest absolute Gasteiger partial charge is 0.258 e. The maximum atomic E-state index is 14.0. The molecule has 1 aromatic heterocycles. The fourth-order valence-electron chi connectivity index (χ4n) is 1.74. The van der Waals surface area contributed by atoms with Crippen LogP contribution >= 0.6 is 11.6 Å². The zero-order chi connectivity index (χ0) is 15.4. The van der Waals surface area contributed by atoms with Gasteiger partial charge in [0.25, 0.3) is 5.91 Å². The van der Waals surface area contributed by atoms with Gasteiger partial charge < -0.3 is 15.4 Å². The van der Waals surface area contributed by atoms with Gasteiger partial charge >= 0.3 is 0 Å². The maximum Gasteiger partial charge on any atom is 0.258 e. The number of halogens is 2. The lowest BCUT2D eigenvalue weighted by molar-refractivity contribution is 0.102. The molecule has 1 heterocycles. The molecule has 0 saturated carbocycles. The summed E-state index contributed by atoms with van der Waals surface area (Å²) in [6, 6.07) is 6.05. The van der Waals surface area contributed by atoms with Crippen molar-refractivity contribution in [3.8, 4) is 5.75 Å². The minimum absolute atomic E-state index is 0.00964. The molecule has 0 aliphatic heterocycles. The van der Waals surface area contributed by atoms with E-state index in [1.54, 1.807) is 12.1 Å². The van der Waals surface area contributed by atoms with Gasteiger partial charge in [-0.2, -0.15) is 0 Å². The lowest BCUT2D eigenvalue weighted by Gasteiger charge is -2.09. The number of anilines is 2. The van der Waals surface area contributed by atoms with Crippen molar-refractivity contribution in [2.45, 2.75) is 0 Å². The van der Waals surface area contributed by atoms with Gasteiger partial charge in [-0.15, -0.1) is 0 Å². The first kappa shape index (κ1) is 15.1. The minimum Gasteiger partial charge on any atom is -0.495 e. The van der Waals surface area contributed by atoms with Gasteiger partial charge in [-0.05, 0) is 24.3 Å². The predicted octanol–water partition coefficient (Wildman–Crippen LogP) is 3.18. The van der Waals surface area contributed by atoms with Gasteiger partial charge in [-0.3, -0.25) is 4.79 Å². The Bertz CT molecular complexity index is 679. The highest BCUT2D eigenvalue weighted by Crippen LogP contribution is 2.27. The molecule has 0 aliphatic carbocycles. The second-order valence-electron chi connectivity index (χ2n) is 4.07. The standard InChI is InChI=1S/C14H13ClFN3O2/c1-17-13-12(16)9(5-6-18-13)14(20)19-8-3-4-11(21-2)10(15)7-8/h3-7H,1-2H3,(H,17,18)(H,19,20). The van der Waals surface area contributed by atoms with E-state index in [0.717, 1.165) is 0 Å². The van der Waals surface area contributed by atoms with Crippen molar-refractivity contribution in [3.05, 3.63) is 46.9 Å². The second-order valence-corrected chi connectivity index (χ2v) is 4.48. The number of amides is 1. The molecular formula is C14H13ClFN3O2. The molecule has 0 bridgehead atoms. The number of carbonyl (C=O) groups is 1. The summed E-state index contributed by atoms with van der Waals surface area (Å²) >= 11 is 5.97. The second kappa shape index (κ2) is 6.41. The van der Waals surface area contributed by atoms with Crippen LogP contribution in [0.2, 0.25) is 5.02 Å². The Morgan fingerprint density at radius 3 is 2.76 bits per heavy atom. The van der Waals surface area contributed by atoms with E-state index < -0.39 is 11.7 Å². The summed E-state index contributed by atoms with van der Waals surface area (Å²) in [6.45, 7) is 0. The summed E-state index contributed by atoms with van der Waals surface area (Å²) < 4.78 is 19.0. The van der Waals surface area contributed by atoms with Gasteiger partial charge in [-0.1, -0.05) is 11.6 Å². The molecule has 1 amide bonds. The third-order valence-electron chi connectivity index (χ3n) is 2.78. The van der Waals surface area contributed by atoms with Crippen molar-refractivity contribution < 1.29 is 13.9 Å². The SMILES string of the molecule is CNc1nccc(C(=O)Nc2ccc(OC)c(Cl)c2)c1F. The van der Waals surface area contributed by atoms with Crippen LogP contribution < -0.4 is 15.4 Å². The quantitative estimate of drug-likeness (QED) is 0.910. The summed E-state index contributed by atoms with van der Waals surface area (Å²) in [6.07, 6.45) is 1.35. The molecule has 7 heteroatoms. The number of ether oxygens (including phenoxy) is 1. The number of hydrogen-bond acceptors (Lipinski definition) is 4. The van der Waals surface area contributed by atoms with E-state index in [2.05, 4.69) is 15.6 Å². The topological polar surface area (TPSA) is 63.2 Å². The lowest BCUT2D eigenvalue weighted by atomic mass is 10.2. The zero-order valence-electron chi connectivity index (χ0n) is 11.4. The summed E-state index contributed by atoms with van der Waals surface area (Å²) in [5.41, 5.74) is 0.328. The Kier molecular flexibility index (Phi) is 4.59. The fraction of sp³-hybridized carbons (Fsp3) is 0.143. The molecule has 0 unspecified atom stereocenters. The molecule has 21 heavy (non-hydrogen) atoms. The molecule has 110 valence electrons. The van der Waals surface area contributed by atoms with Gasteiger partial charge in [0.15, 0.2) is 11.6 Å². The van der Waals surface area contributed by atoms with Crippen LogP contribution in [0, 0.1) is 5.82 Å². The predicted molar refractivity (Wildman–Crippen MR) is 79.7 cm³/mol. The van der Waals surface area contributed by atoms with Crippen LogP contribution in [0.1, 0.15) is 10.4 Å². The number of hydrogen-bond donors (Lipinski definition) is 2. The summed E-state index contributed by atoms with van der Waals surface area (Å²) in [5, 5.41) is 5.49. The molecule has 5 nitrogen and oxygen atoms in total. The number of rotatable bonds is 4. The molecule has 0 radical (unpaired) electrons. The average molecular weight is 310 g/mol. The maximum absolute atomic E-state index is 14.0. The van der Waals surface area contributed by atoms with Crippen LogP contribution in [0.4, 0.5) is 15.9 Å². The minimum atomic E-state index is -0.711. The average Bonchev–Trinajstić information content (AvgIpc) is 2.47. The van der Waals surface area contributed by atoms with E-state index in [9.17, 15) is 9.18 Å². The number of pyridine rings is 1.